The van der Waals surface area contributed by atoms with Gasteiger partial charge in [0.05, 0.1) is 15.9 Å². The van der Waals surface area contributed by atoms with Gasteiger partial charge < -0.3 is 5.32 Å². The van der Waals surface area contributed by atoms with Crippen molar-refractivity contribution in [2.45, 2.75) is 64.8 Å². The van der Waals surface area contributed by atoms with Crippen LogP contribution in [0.1, 0.15) is 57.3 Å². The predicted octanol–water partition coefficient (Wildman–Crippen LogP) is 3.85. The minimum absolute atomic E-state index is 0.594. The summed E-state index contributed by atoms with van der Waals surface area (Å²) < 4.78 is 3.28. The molecule has 0 spiro atoms. The molecule has 1 atom stereocenters. The lowest BCUT2D eigenvalue weighted by atomic mass is 9.80. The molecule has 0 bridgehead atoms. The number of aryl methyl sites for hydroxylation is 2. The summed E-state index contributed by atoms with van der Waals surface area (Å²) >= 11 is 3.75. The van der Waals surface area contributed by atoms with Crippen LogP contribution < -0.4 is 5.32 Å². The van der Waals surface area contributed by atoms with Crippen LogP contribution >= 0.6 is 15.9 Å². The number of aromatic nitrogens is 2. The van der Waals surface area contributed by atoms with Crippen molar-refractivity contribution < 1.29 is 0 Å². The molecule has 1 aromatic heterocycles. The van der Waals surface area contributed by atoms with Crippen LogP contribution in [0.4, 0.5) is 0 Å². The molecule has 0 radical (unpaired) electrons. The molecule has 1 N–H and O–H groups in total. The standard InChI is InChI=1S/C16H28BrN3/c1-4-9-18-13(10-12-7-6-8-12)11-15-16(17)14(5-2)19-20(15)3/h12-13,18H,4-11H2,1-3H3. The van der Waals surface area contributed by atoms with E-state index in [-0.39, 0.29) is 0 Å². The largest absolute Gasteiger partial charge is 0.314 e. The molecule has 114 valence electrons. The minimum Gasteiger partial charge on any atom is -0.314 e. The maximum absolute atomic E-state index is 4.62. The van der Waals surface area contributed by atoms with E-state index in [2.05, 4.69) is 51.9 Å². The average Bonchev–Trinajstić information content (AvgIpc) is 2.66. The molecule has 1 saturated carbocycles. The van der Waals surface area contributed by atoms with Gasteiger partial charge in [-0.15, -0.1) is 0 Å². The summed E-state index contributed by atoms with van der Waals surface area (Å²) in [5.74, 6) is 0.946. The quantitative estimate of drug-likeness (QED) is 0.778. The Balaban J connectivity index is 2.03. The Labute approximate surface area is 131 Å². The van der Waals surface area contributed by atoms with Crippen LogP contribution in [-0.2, 0) is 19.9 Å². The van der Waals surface area contributed by atoms with Gasteiger partial charge in [0.25, 0.3) is 0 Å². The monoisotopic (exact) mass is 341 g/mol. The Morgan fingerprint density at radius 2 is 2.15 bits per heavy atom. The first-order valence-corrected chi connectivity index (χ1v) is 8.88. The summed E-state index contributed by atoms with van der Waals surface area (Å²) in [6.07, 6.45) is 8.88. The van der Waals surface area contributed by atoms with Crippen molar-refractivity contribution in [3.8, 4) is 0 Å². The topological polar surface area (TPSA) is 29.9 Å². The summed E-state index contributed by atoms with van der Waals surface area (Å²) in [6, 6.07) is 0.594. The summed E-state index contributed by atoms with van der Waals surface area (Å²) in [7, 11) is 2.07. The zero-order chi connectivity index (χ0) is 14.5. The Bertz CT molecular complexity index is 424. The fourth-order valence-electron chi connectivity index (χ4n) is 2.99. The van der Waals surface area contributed by atoms with Gasteiger partial charge in [0.2, 0.25) is 0 Å². The fraction of sp³-hybridized carbons (Fsp3) is 0.812. The van der Waals surface area contributed by atoms with E-state index in [1.807, 2.05) is 0 Å². The van der Waals surface area contributed by atoms with Crippen LogP contribution in [0.15, 0.2) is 4.47 Å². The highest BCUT2D eigenvalue weighted by Gasteiger charge is 2.24. The molecule has 1 aromatic rings. The summed E-state index contributed by atoms with van der Waals surface area (Å²) in [5.41, 5.74) is 2.52. The van der Waals surface area contributed by atoms with Crippen LogP contribution in [0.5, 0.6) is 0 Å². The maximum Gasteiger partial charge on any atom is 0.0766 e. The molecule has 1 heterocycles. The van der Waals surface area contributed by atoms with E-state index in [0.717, 1.165) is 25.3 Å². The molecule has 1 fully saturated rings. The third-order valence-electron chi connectivity index (χ3n) is 4.47. The highest BCUT2D eigenvalue weighted by atomic mass is 79.9. The molecule has 0 amide bonds. The molecule has 0 aliphatic heterocycles. The molecule has 1 aliphatic rings. The predicted molar refractivity (Wildman–Crippen MR) is 88.0 cm³/mol. The smallest absolute Gasteiger partial charge is 0.0766 e. The third-order valence-corrected chi connectivity index (χ3v) is 5.38. The van der Waals surface area contributed by atoms with Crippen molar-refractivity contribution in [1.82, 2.24) is 15.1 Å². The fourth-order valence-corrected chi connectivity index (χ4v) is 3.77. The number of rotatable bonds is 8. The molecular formula is C16H28BrN3. The average molecular weight is 342 g/mol. The van der Waals surface area contributed by atoms with Crippen molar-refractivity contribution in [3.63, 3.8) is 0 Å². The molecule has 2 rings (SSSR count). The molecule has 3 nitrogen and oxygen atoms in total. The van der Waals surface area contributed by atoms with E-state index in [1.54, 1.807) is 0 Å². The van der Waals surface area contributed by atoms with Gasteiger partial charge in [-0.2, -0.15) is 5.10 Å². The normalized spacial score (nSPS) is 17.2. The Morgan fingerprint density at radius 1 is 1.40 bits per heavy atom. The molecule has 1 unspecified atom stereocenters. The van der Waals surface area contributed by atoms with Gasteiger partial charge in [-0.25, -0.2) is 0 Å². The van der Waals surface area contributed by atoms with Crippen LogP contribution in [0.25, 0.3) is 0 Å². The highest BCUT2D eigenvalue weighted by molar-refractivity contribution is 9.10. The van der Waals surface area contributed by atoms with Crippen LogP contribution in [0.2, 0.25) is 0 Å². The van der Waals surface area contributed by atoms with Crippen molar-refractivity contribution >= 4 is 15.9 Å². The first-order chi connectivity index (χ1) is 9.65. The van der Waals surface area contributed by atoms with Crippen LogP contribution in [0.3, 0.4) is 0 Å². The molecule has 20 heavy (non-hydrogen) atoms. The molecular weight excluding hydrogens is 314 g/mol. The molecule has 0 saturated heterocycles. The second-order valence-electron chi connectivity index (χ2n) is 6.07. The summed E-state index contributed by atoms with van der Waals surface area (Å²) in [5, 5.41) is 8.35. The highest BCUT2D eigenvalue weighted by Crippen LogP contribution is 2.32. The summed E-state index contributed by atoms with van der Waals surface area (Å²) in [4.78, 5) is 0. The molecule has 4 heteroatoms. The van der Waals surface area contributed by atoms with E-state index < -0.39 is 0 Å². The molecule has 0 aromatic carbocycles. The van der Waals surface area contributed by atoms with Crippen molar-refractivity contribution in [3.05, 3.63) is 15.9 Å². The lowest BCUT2D eigenvalue weighted by Crippen LogP contribution is -2.35. The van der Waals surface area contributed by atoms with Crippen molar-refractivity contribution in [2.24, 2.45) is 13.0 Å². The van der Waals surface area contributed by atoms with Gasteiger partial charge in [-0.05, 0) is 47.7 Å². The van der Waals surface area contributed by atoms with E-state index in [4.69, 9.17) is 0 Å². The number of hydrogen-bond acceptors (Lipinski definition) is 2. The first kappa shape index (κ1) is 16.0. The van der Waals surface area contributed by atoms with Crippen LogP contribution in [-0.4, -0.2) is 22.4 Å². The van der Waals surface area contributed by atoms with Gasteiger partial charge in [-0.1, -0.05) is 33.1 Å². The Morgan fingerprint density at radius 3 is 2.65 bits per heavy atom. The van der Waals surface area contributed by atoms with E-state index in [0.29, 0.717) is 6.04 Å². The van der Waals surface area contributed by atoms with Gasteiger partial charge >= 0.3 is 0 Å². The van der Waals surface area contributed by atoms with E-state index in [9.17, 15) is 0 Å². The number of nitrogens with zero attached hydrogens (tertiary/aromatic N) is 2. The second-order valence-corrected chi connectivity index (χ2v) is 6.87. The summed E-state index contributed by atoms with van der Waals surface area (Å²) in [6.45, 7) is 5.52. The van der Waals surface area contributed by atoms with E-state index in [1.165, 1.54) is 48.0 Å². The lowest BCUT2D eigenvalue weighted by molar-refractivity contribution is 0.257. The van der Waals surface area contributed by atoms with Crippen molar-refractivity contribution in [1.29, 1.82) is 0 Å². The van der Waals surface area contributed by atoms with Gasteiger partial charge in [0.1, 0.15) is 0 Å². The molecule has 1 aliphatic carbocycles. The van der Waals surface area contributed by atoms with Crippen LogP contribution in [0, 0.1) is 5.92 Å². The zero-order valence-electron chi connectivity index (χ0n) is 13.1. The Hall–Kier alpha value is -0.350. The lowest BCUT2D eigenvalue weighted by Gasteiger charge is -2.30. The number of hydrogen-bond donors (Lipinski definition) is 1. The minimum atomic E-state index is 0.594. The zero-order valence-corrected chi connectivity index (χ0v) is 14.7. The van der Waals surface area contributed by atoms with Gasteiger partial charge in [-0.3, -0.25) is 4.68 Å². The number of halogens is 1. The van der Waals surface area contributed by atoms with E-state index >= 15 is 0 Å². The van der Waals surface area contributed by atoms with Gasteiger partial charge in [0.15, 0.2) is 0 Å². The third kappa shape index (κ3) is 3.85. The number of nitrogens with one attached hydrogen (secondary N) is 1. The SMILES string of the molecule is CCCNC(Cc1c(Br)c(CC)nn1C)CC1CCC1. The second kappa shape index (κ2) is 7.60. The maximum atomic E-state index is 4.62. The van der Waals surface area contributed by atoms with Crippen molar-refractivity contribution in [2.75, 3.05) is 6.54 Å². The van der Waals surface area contributed by atoms with Gasteiger partial charge in [0, 0.05) is 19.5 Å². The Kier molecular flexibility index (Phi) is 6.09. The first-order valence-electron chi connectivity index (χ1n) is 8.09.